The lowest BCUT2D eigenvalue weighted by Crippen LogP contribution is -2.02. The zero-order valence-corrected chi connectivity index (χ0v) is 17.0. The minimum Gasteiger partial charge on any atom is -0.364 e. The number of halogens is 1. The standard InChI is InChI=1S/C23H17ClN4S/c24-17-8-4-9-18(12-17)28-14-20(16-6-2-1-3-7-16)21-22(26-15-27-23(21)28)25-13-19-10-5-11-29-19/h1-12,14-15H,13H2,(H,25,26,27). The molecular formula is C23H17ClN4S. The fourth-order valence-corrected chi connectivity index (χ4v) is 4.27. The second-order valence-electron chi connectivity index (χ2n) is 6.61. The van der Waals surface area contributed by atoms with Gasteiger partial charge in [0.05, 0.1) is 11.9 Å². The predicted molar refractivity (Wildman–Crippen MR) is 121 cm³/mol. The normalized spacial score (nSPS) is 11.1. The Morgan fingerprint density at radius 3 is 2.66 bits per heavy atom. The summed E-state index contributed by atoms with van der Waals surface area (Å²) in [6, 6.07) is 22.3. The summed E-state index contributed by atoms with van der Waals surface area (Å²) in [5, 5.41) is 7.26. The number of nitrogens with one attached hydrogen (secondary N) is 1. The molecule has 3 aromatic heterocycles. The van der Waals surface area contributed by atoms with Gasteiger partial charge in [-0.1, -0.05) is 54.1 Å². The first-order chi connectivity index (χ1) is 14.3. The molecule has 0 aliphatic carbocycles. The van der Waals surface area contributed by atoms with E-state index in [0.29, 0.717) is 5.02 Å². The minimum atomic E-state index is 0.690. The molecule has 29 heavy (non-hydrogen) atoms. The van der Waals surface area contributed by atoms with E-state index < -0.39 is 0 Å². The van der Waals surface area contributed by atoms with E-state index in [0.717, 1.165) is 40.2 Å². The van der Waals surface area contributed by atoms with Crippen LogP contribution < -0.4 is 5.32 Å². The van der Waals surface area contributed by atoms with Crippen molar-refractivity contribution < 1.29 is 0 Å². The number of hydrogen-bond donors (Lipinski definition) is 1. The number of aromatic nitrogens is 3. The maximum atomic E-state index is 6.25. The van der Waals surface area contributed by atoms with Gasteiger partial charge in [0.25, 0.3) is 0 Å². The van der Waals surface area contributed by atoms with E-state index in [2.05, 4.69) is 55.7 Å². The molecule has 3 heterocycles. The van der Waals surface area contributed by atoms with E-state index in [4.69, 9.17) is 11.6 Å². The van der Waals surface area contributed by atoms with Gasteiger partial charge in [0.2, 0.25) is 0 Å². The fourth-order valence-electron chi connectivity index (χ4n) is 3.44. The Morgan fingerprint density at radius 1 is 0.966 bits per heavy atom. The quantitative estimate of drug-likeness (QED) is 0.359. The number of hydrogen-bond acceptors (Lipinski definition) is 4. The van der Waals surface area contributed by atoms with Gasteiger partial charge in [0, 0.05) is 27.3 Å². The lowest BCUT2D eigenvalue weighted by atomic mass is 10.1. The number of benzene rings is 2. The molecule has 0 atom stereocenters. The van der Waals surface area contributed by atoms with Crippen LogP contribution in [0.3, 0.4) is 0 Å². The predicted octanol–water partition coefficient (Wildman–Crippen LogP) is 6.41. The molecular weight excluding hydrogens is 400 g/mol. The Morgan fingerprint density at radius 2 is 1.86 bits per heavy atom. The van der Waals surface area contributed by atoms with Crippen LogP contribution in [-0.2, 0) is 6.54 Å². The SMILES string of the molecule is Clc1cccc(-n2cc(-c3ccccc3)c3c(NCc4cccs4)ncnc32)c1. The third-order valence-corrected chi connectivity index (χ3v) is 5.88. The van der Waals surface area contributed by atoms with Gasteiger partial charge in [0.1, 0.15) is 12.1 Å². The largest absolute Gasteiger partial charge is 0.364 e. The third-order valence-electron chi connectivity index (χ3n) is 4.76. The van der Waals surface area contributed by atoms with Crippen LogP contribution in [0.4, 0.5) is 5.82 Å². The summed E-state index contributed by atoms with van der Waals surface area (Å²) in [5.74, 6) is 0.822. The van der Waals surface area contributed by atoms with E-state index in [1.54, 1.807) is 17.7 Å². The number of thiophene rings is 1. The van der Waals surface area contributed by atoms with Crippen LogP contribution in [-0.4, -0.2) is 14.5 Å². The van der Waals surface area contributed by atoms with E-state index in [9.17, 15) is 0 Å². The van der Waals surface area contributed by atoms with Crippen LogP contribution in [0.2, 0.25) is 5.02 Å². The highest BCUT2D eigenvalue weighted by Gasteiger charge is 2.17. The molecule has 142 valence electrons. The van der Waals surface area contributed by atoms with E-state index in [1.807, 2.05) is 42.5 Å². The van der Waals surface area contributed by atoms with Crippen molar-refractivity contribution in [3.05, 3.63) is 94.5 Å². The van der Waals surface area contributed by atoms with Gasteiger partial charge in [-0.05, 0) is 35.2 Å². The second kappa shape index (κ2) is 7.70. The van der Waals surface area contributed by atoms with Crippen molar-refractivity contribution in [3.63, 3.8) is 0 Å². The first-order valence-corrected chi connectivity index (χ1v) is 10.5. The summed E-state index contributed by atoms with van der Waals surface area (Å²) < 4.78 is 2.07. The zero-order chi connectivity index (χ0) is 19.6. The Bertz CT molecular complexity index is 1260. The van der Waals surface area contributed by atoms with E-state index in [-0.39, 0.29) is 0 Å². The van der Waals surface area contributed by atoms with Gasteiger partial charge in [-0.25, -0.2) is 9.97 Å². The van der Waals surface area contributed by atoms with Crippen molar-refractivity contribution in [1.82, 2.24) is 14.5 Å². The molecule has 0 aliphatic rings. The molecule has 0 amide bonds. The maximum absolute atomic E-state index is 6.25. The highest BCUT2D eigenvalue weighted by Crippen LogP contribution is 2.35. The topological polar surface area (TPSA) is 42.7 Å². The average molecular weight is 417 g/mol. The maximum Gasteiger partial charge on any atom is 0.150 e. The third kappa shape index (κ3) is 3.50. The Hall–Kier alpha value is -3.15. The molecule has 0 spiro atoms. The summed E-state index contributed by atoms with van der Waals surface area (Å²) in [4.78, 5) is 10.4. The molecule has 2 aromatic carbocycles. The number of nitrogens with zero attached hydrogens (tertiary/aromatic N) is 3. The van der Waals surface area contributed by atoms with E-state index in [1.165, 1.54) is 4.88 Å². The molecule has 0 radical (unpaired) electrons. The van der Waals surface area contributed by atoms with Crippen molar-refractivity contribution in [2.45, 2.75) is 6.54 Å². The molecule has 0 unspecified atom stereocenters. The minimum absolute atomic E-state index is 0.690. The molecule has 5 rings (SSSR count). The summed E-state index contributed by atoms with van der Waals surface area (Å²) in [7, 11) is 0. The van der Waals surface area contributed by atoms with Crippen LogP contribution in [0.5, 0.6) is 0 Å². The molecule has 6 heteroatoms. The second-order valence-corrected chi connectivity index (χ2v) is 8.08. The van der Waals surface area contributed by atoms with Gasteiger partial charge in [-0.2, -0.15) is 0 Å². The van der Waals surface area contributed by atoms with Gasteiger partial charge in [-0.3, -0.25) is 0 Å². The van der Waals surface area contributed by atoms with Crippen molar-refractivity contribution in [3.8, 4) is 16.8 Å². The van der Waals surface area contributed by atoms with E-state index >= 15 is 0 Å². The van der Waals surface area contributed by atoms with Crippen LogP contribution in [0, 0.1) is 0 Å². The van der Waals surface area contributed by atoms with Gasteiger partial charge in [0.15, 0.2) is 5.65 Å². The first-order valence-electron chi connectivity index (χ1n) is 9.23. The van der Waals surface area contributed by atoms with Gasteiger partial charge in [-0.15, -0.1) is 11.3 Å². The summed E-state index contributed by atoms with van der Waals surface area (Å²) in [6.45, 7) is 0.723. The monoisotopic (exact) mass is 416 g/mol. The zero-order valence-electron chi connectivity index (χ0n) is 15.4. The van der Waals surface area contributed by atoms with Crippen LogP contribution >= 0.6 is 22.9 Å². The molecule has 1 N–H and O–H groups in total. The highest BCUT2D eigenvalue weighted by atomic mass is 35.5. The highest BCUT2D eigenvalue weighted by molar-refractivity contribution is 7.09. The van der Waals surface area contributed by atoms with Crippen LogP contribution in [0.25, 0.3) is 27.8 Å². The van der Waals surface area contributed by atoms with Crippen molar-refractivity contribution >= 4 is 39.8 Å². The van der Waals surface area contributed by atoms with Crippen molar-refractivity contribution in [2.75, 3.05) is 5.32 Å². The lowest BCUT2D eigenvalue weighted by molar-refractivity contribution is 1.07. The first kappa shape index (κ1) is 17.9. The molecule has 0 fully saturated rings. The number of anilines is 1. The summed E-state index contributed by atoms with van der Waals surface area (Å²) in [6.07, 6.45) is 3.71. The number of fused-ring (bicyclic) bond motifs is 1. The molecule has 0 saturated heterocycles. The van der Waals surface area contributed by atoms with Crippen molar-refractivity contribution in [2.24, 2.45) is 0 Å². The van der Waals surface area contributed by atoms with Crippen molar-refractivity contribution in [1.29, 1.82) is 0 Å². The molecule has 0 aliphatic heterocycles. The molecule has 5 aromatic rings. The van der Waals surface area contributed by atoms with Gasteiger partial charge < -0.3 is 9.88 Å². The lowest BCUT2D eigenvalue weighted by Gasteiger charge is -2.08. The fraction of sp³-hybridized carbons (Fsp3) is 0.0435. The molecule has 4 nitrogen and oxygen atoms in total. The average Bonchev–Trinajstić information content (AvgIpc) is 3.41. The Labute approximate surface area is 177 Å². The number of rotatable bonds is 5. The smallest absolute Gasteiger partial charge is 0.150 e. The summed E-state index contributed by atoms with van der Waals surface area (Å²) >= 11 is 7.98. The molecule has 0 saturated carbocycles. The summed E-state index contributed by atoms with van der Waals surface area (Å²) in [5.41, 5.74) is 4.00. The Balaban J connectivity index is 1.70. The van der Waals surface area contributed by atoms with Crippen LogP contribution in [0.1, 0.15) is 4.88 Å². The Kier molecular flexibility index (Phi) is 4.76. The van der Waals surface area contributed by atoms with Gasteiger partial charge >= 0.3 is 0 Å². The molecule has 0 bridgehead atoms. The van der Waals surface area contributed by atoms with Crippen LogP contribution in [0.15, 0.2) is 84.6 Å².